The zero-order valence-corrected chi connectivity index (χ0v) is 16.1. The van der Waals surface area contributed by atoms with Gasteiger partial charge >= 0.3 is 0 Å². The van der Waals surface area contributed by atoms with Gasteiger partial charge in [0, 0.05) is 24.7 Å². The van der Waals surface area contributed by atoms with Gasteiger partial charge in [-0.1, -0.05) is 12.1 Å². The number of carbonyl (C=O) groups excluding carboxylic acids is 1. The number of hydrogen-bond donors (Lipinski definition) is 2. The smallest absolute Gasteiger partial charge is 0.239 e. The summed E-state index contributed by atoms with van der Waals surface area (Å²) in [6.07, 6.45) is 7.15. The van der Waals surface area contributed by atoms with Gasteiger partial charge in [0.2, 0.25) is 5.91 Å². The molecule has 0 spiro atoms. The van der Waals surface area contributed by atoms with Crippen LogP contribution in [0.4, 0.5) is 5.82 Å². The van der Waals surface area contributed by atoms with Gasteiger partial charge in [-0.3, -0.25) is 19.9 Å². The van der Waals surface area contributed by atoms with E-state index in [1.165, 1.54) is 0 Å². The number of allylic oxidation sites excluding steroid dienone is 3. The van der Waals surface area contributed by atoms with Crippen molar-refractivity contribution in [3.05, 3.63) is 54.5 Å². The van der Waals surface area contributed by atoms with Gasteiger partial charge in [-0.05, 0) is 43.5 Å². The number of carbonyl (C=O) groups is 1. The fraction of sp³-hybridized carbons (Fsp3) is 0.190. The maximum absolute atomic E-state index is 11.7. The van der Waals surface area contributed by atoms with Gasteiger partial charge in [0.1, 0.15) is 11.5 Å². The Bertz CT molecular complexity index is 1130. The molecule has 1 aliphatic heterocycles. The number of pyridine rings is 2. The van der Waals surface area contributed by atoms with Crippen LogP contribution in [0.2, 0.25) is 0 Å². The highest BCUT2D eigenvalue weighted by atomic mass is 16.2. The van der Waals surface area contributed by atoms with Crippen LogP contribution in [0.25, 0.3) is 27.9 Å². The maximum Gasteiger partial charge on any atom is 0.239 e. The summed E-state index contributed by atoms with van der Waals surface area (Å²) in [6.45, 7) is 7.07. The lowest BCUT2D eigenvalue weighted by molar-refractivity contribution is -0.120. The topological polar surface area (TPSA) is 99.2 Å². The van der Waals surface area contributed by atoms with E-state index < -0.39 is 0 Å². The summed E-state index contributed by atoms with van der Waals surface area (Å²) in [5.41, 5.74) is 4.18. The van der Waals surface area contributed by atoms with Gasteiger partial charge in [-0.2, -0.15) is 5.10 Å². The molecule has 0 aromatic carbocycles. The number of aromatic nitrogens is 4. The van der Waals surface area contributed by atoms with Crippen LogP contribution in [0.3, 0.4) is 0 Å². The Kier molecular flexibility index (Phi) is 5.15. The van der Waals surface area contributed by atoms with Crippen LogP contribution in [-0.4, -0.2) is 52.4 Å². The number of fused-ring (bicyclic) bond motifs is 1. The maximum atomic E-state index is 11.7. The molecule has 1 aliphatic rings. The summed E-state index contributed by atoms with van der Waals surface area (Å²) in [4.78, 5) is 26.6. The monoisotopic (exact) mass is 387 g/mol. The van der Waals surface area contributed by atoms with Gasteiger partial charge in [0.25, 0.3) is 0 Å². The van der Waals surface area contributed by atoms with Crippen LogP contribution >= 0.6 is 0 Å². The number of H-pyrrole nitrogens is 1. The number of amides is 1. The van der Waals surface area contributed by atoms with Crippen molar-refractivity contribution in [1.29, 1.82) is 0 Å². The zero-order valence-electron chi connectivity index (χ0n) is 16.1. The van der Waals surface area contributed by atoms with Gasteiger partial charge in [0.05, 0.1) is 29.6 Å². The molecule has 2 N–H and O–H groups in total. The molecule has 0 atom stereocenters. The van der Waals surface area contributed by atoms with Crippen molar-refractivity contribution in [2.75, 3.05) is 24.5 Å². The van der Waals surface area contributed by atoms with Crippen molar-refractivity contribution in [3.63, 3.8) is 0 Å². The van der Waals surface area contributed by atoms with Gasteiger partial charge in [-0.15, -0.1) is 0 Å². The highest BCUT2D eigenvalue weighted by molar-refractivity contribution is 5.93. The lowest BCUT2D eigenvalue weighted by Gasteiger charge is -2.27. The number of piperazine rings is 1. The third kappa shape index (κ3) is 3.91. The molecule has 1 amide bonds. The molecule has 3 aromatic heterocycles. The van der Waals surface area contributed by atoms with Crippen LogP contribution in [-0.2, 0) is 4.79 Å². The molecule has 1 fully saturated rings. The predicted molar refractivity (Wildman–Crippen MR) is 115 cm³/mol. The number of nitrogens with zero attached hydrogens (tertiary/aromatic N) is 5. The first-order valence-electron chi connectivity index (χ1n) is 9.28. The number of nitrogens with one attached hydrogen (secondary N) is 2. The molecule has 29 heavy (non-hydrogen) atoms. The zero-order chi connectivity index (χ0) is 20.2. The number of aliphatic imine (C=N–C) groups is 1. The number of hydrogen-bond acceptors (Lipinski definition) is 6. The molecular formula is C21H21N7O. The van der Waals surface area contributed by atoms with Crippen LogP contribution in [0.5, 0.6) is 0 Å². The second-order valence-electron chi connectivity index (χ2n) is 6.71. The van der Waals surface area contributed by atoms with Gasteiger partial charge in [-0.25, -0.2) is 4.98 Å². The Hall–Kier alpha value is -3.81. The summed E-state index contributed by atoms with van der Waals surface area (Å²) in [5, 5.41) is 11.3. The van der Waals surface area contributed by atoms with E-state index in [9.17, 15) is 4.79 Å². The molecule has 0 radical (unpaired) electrons. The van der Waals surface area contributed by atoms with E-state index in [0.29, 0.717) is 13.1 Å². The highest BCUT2D eigenvalue weighted by Gasteiger charge is 2.19. The van der Waals surface area contributed by atoms with E-state index in [4.69, 9.17) is 4.98 Å². The average molecular weight is 387 g/mol. The largest absolute Gasteiger partial charge is 0.353 e. The minimum Gasteiger partial charge on any atom is -0.353 e. The second kappa shape index (κ2) is 8.05. The van der Waals surface area contributed by atoms with Crippen LogP contribution < -0.4 is 10.2 Å². The molecule has 146 valence electrons. The second-order valence-corrected chi connectivity index (χ2v) is 6.71. The van der Waals surface area contributed by atoms with Crippen molar-refractivity contribution in [1.82, 2.24) is 25.5 Å². The van der Waals surface area contributed by atoms with Crippen molar-refractivity contribution in [2.24, 2.45) is 4.99 Å². The van der Waals surface area contributed by atoms with Gasteiger partial charge < -0.3 is 10.2 Å². The average Bonchev–Trinajstić information content (AvgIpc) is 3.17. The Morgan fingerprint density at radius 1 is 1.38 bits per heavy atom. The fourth-order valence-corrected chi connectivity index (χ4v) is 3.23. The van der Waals surface area contributed by atoms with E-state index in [-0.39, 0.29) is 5.91 Å². The Morgan fingerprint density at radius 2 is 2.28 bits per heavy atom. The van der Waals surface area contributed by atoms with E-state index in [0.717, 1.165) is 45.9 Å². The predicted octanol–water partition coefficient (Wildman–Crippen LogP) is 2.57. The number of aromatic amines is 1. The van der Waals surface area contributed by atoms with E-state index in [1.54, 1.807) is 12.4 Å². The summed E-state index contributed by atoms with van der Waals surface area (Å²) in [5.74, 6) is 0.772. The summed E-state index contributed by atoms with van der Waals surface area (Å²) < 4.78 is 0. The van der Waals surface area contributed by atoms with E-state index in [2.05, 4.69) is 32.2 Å². The molecule has 0 unspecified atom stereocenters. The first kappa shape index (κ1) is 18.5. The molecule has 8 nitrogen and oxygen atoms in total. The van der Waals surface area contributed by atoms with Crippen LogP contribution in [0.15, 0.2) is 53.8 Å². The Morgan fingerprint density at radius 3 is 3.10 bits per heavy atom. The number of rotatable bonds is 5. The SMILES string of the molecule is C=N/C=C\C=C(/C)c1cc2c(-c3cccc(N4CCNC(=O)C4)n3)n[nH]c2cn1. The van der Waals surface area contributed by atoms with Crippen molar-refractivity contribution in [2.45, 2.75) is 6.92 Å². The van der Waals surface area contributed by atoms with Crippen molar-refractivity contribution in [3.8, 4) is 11.4 Å². The minimum absolute atomic E-state index is 0.00681. The Labute approximate surface area is 168 Å². The summed E-state index contributed by atoms with van der Waals surface area (Å²) in [7, 11) is 0. The van der Waals surface area contributed by atoms with E-state index >= 15 is 0 Å². The molecule has 4 heterocycles. The standard InChI is InChI=1S/C21H21N7O/c1-14(5-4-8-22-2)17-11-15-18(12-24-17)26-27-21(15)16-6-3-7-19(25-16)28-10-9-23-20(29)13-28/h3-8,11-12H,2,9-10,13H2,1H3,(H,23,29)(H,26,27)/b8-4-,14-5+. The summed E-state index contributed by atoms with van der Waals surface area (Å²) in [6, 6.07) is 7.77. The lowest BCUT2D eigenvalue weighted by Crippen LogP contribution is -2.48. The quantitative estimate of drug-likeness (QED) is 0.518. The highest BCUT2D eigenvalue weighted by Crippen LogP contribution is 2.28. The molecule has 0 saturated carbocycles. The number of anilines is 1. The van der Waals surface area contributed by atoms with Crippen LogP contribution in [0.1, 0.15) is 12.6 Å². The summed E-state index contributed by atoms with van der Waals surface area (Å²) >= 11 is 0. The third-order valence-electron chi connectivity index (χ3n) is 4.73. The van der Waals surface area contributed by atoms with E-state index in [1.807, 2.05) is 48.2 Å². The molecule has 8 heteroatoms. The first-order valence-corrected chi connectivity index (χ1v) is 9.28. The molecule has 1 saturated heterocycles. The lowest BCUT2D eigenvalue weighted by atomic mass is 10.1. The third-order valence-corrected chi connectivity index (χ3v) is 4.73. The fourth-order valence-electron chi connectivity index (χ4n) is 3.23. The molecule has 3 aromatic rings. The van der Waals surface area contributed by atoms with Gasteiger partial charge in [0.15, 0.2) is 0 Å². The van der Waals surface area contributed by atoms with Crippen molar-refractivity contribution >= 4 is 34.9 Å². The Balaban J connectivity index is 1.71. The molecule has 0 bridgehead atoms. The van der Waals surface area contributed by atoms with Crippen LogP contribution in [0, 0.1) is 0 Å². The normalized spacial score (nSPS) is 15.1. The van der Waals surface area contributed by atoms with Crippen molar-refractivity contribution < 1.29 is 4.79 Å². The first-order chi connectivity index (χ1) is 14.2. The minimum atomic E-state index is 0.00681. The molecule has 0 aliphatic carbocycles. The molecular weight excluding hydrogens is 366 g/mol. The molecule has 4 rings (SSSR count).